The quantitative estimate of drug-likeness (QED) is 0.587. The Kier molecular flexibility index (Phi) is 4.69. The Labute approximate surface area is 71.1 Å². The minimum Gasteiger partial charge on any atom is -0.198 e. The van der Waals surface area contributed by atoms with Crippen molar-refractivity contribution in [3.05, 3.63) is 0 Å². The predicted octanol–water partition coefficient (Wildman–Crippen LogP) is 2.98. The molecule has 0 aliphatic carbocycles. The fourth-order valence-electron chi connectivity index (χ4n) is 1.64. The Morgan fingerprint density at radius 1 is 1.36 bits per heavy atom. The van der Waals surface area contributed by atoms with Crippen LogP contribution in [0.4, 0.5) is 0 Å². The maximum absolute atomic E-state index is 8.41. The highest BCUT2D eigenvalue weighted by atomic mass is 31.2. The molecule has 0 saturated carbocycles. The van der Waals surface area contributed by atoms with E-state index in [2.05, 4.69) is 12.7 Å². The minimum absolute atomic E-state index is 0. The summed E-state index contributed by atoms with van der Waals surface area (Å²) < 4.78 is 0. The summed E-state index contributed by atoms with van der Waals surface area (Å²) in [5.41, 5.74) is 0. The molecule has 1 saturated heterocycles. The summed E-state index contributed by atoms with van der Waals surface area (Å²) in [7, 11) is -0.559. The lowest BCUT2D eigenvalue weighted by molar-refractivity contribution is 0.949. The molecule has 0 aromatic heterocycles. The van der Waals surface area contributed by atoms with E-state index >= 15 is 0 Å². The fourth-order valence-corrected chi connectivity index (χ4v) is 4.93. The monoisotopic (exact) mass is 172 g/mol. The number of nitrogens with zero attached hydrogens (tertiary/aromatic N) is 1. The Hall–Kier alpha value is -0.0800. The van der Waals surface area contributed by atoms with E-state index in [1.165, 1.54) is 31.3 Å². The first-order valence-electron chi connectivity index (χ1n) is 3.97. The van der Waals surface area contributed by atoms with Crippen LogP contribution in [0.2, 0.25) is 0 Å². The Morgan fingerprint density at radius 3 is 2.36 bits per heavy atom. The van der Waals surface area contributed by atoms with Crippen LogP contribution in [0.3, 0.4) is 0 Å². The molecule has 0 unspecified atom stereocenters. The maximum atomic E-state index is 8.41. The van der Waals surface area contributed by atoms with Crippen LogP contribution in [0, 0.1) is 11.3 Å². The van der Waals surface area contributed by atoms with Gasteiger partial charge in [-0.3, -0.25) is 0 Å². The van der Waals surface area contributed by atoms with Crippen molar-refractivity contribution >= 4 is 7.26 Å². The second kappa shape index (κ2) is 4.73. The highest BCUT2D eigenvalue weighted by molar-refractivity contribution is 7.75. The first-order chi connectivity index (χ1) is 4.77. The zero-order chi connectivity index (χ0) is 7.45. The van der Waals surface area contributed by atoms with Crippen molar-refractivity contribution in [2.24, 2.45) is 0 Å². The van der Waals surface area contributed by atoms with E-state index < -0.39 is 7.26 Å². The Morgan fingerprint density at radius 2 is 1.91 bits per heavy atom. The van der Waals surface area contributed by atoms with Gasteiger partial charge in [0.2, 0.25) is 0 Å². The third-order valence-electron chi connectivity index (χ3n) is 2.41. The summed E-state index contributed by atoms with van der Waals surface area (Å²) in [5, 5.41) is 8.41. The van der Waals surface area contributed by atoms with Crippen molar-refractivity contribution in [1.29, 1.82) is 5.26 Å². The van der Waals surface area contributed by atoms with Crippen LogP contribution in [0.25, 0.3) is 0 Å². The van der Waals surface area contributed by atoms with Gasteiger partial charge in [0.25, 0.3) is 0 Å². The summed E-state index contributed by atoms with van der Waals surface area (Å²) >= 11 is 0. The van der Waals surface area contributed by atoms with Gasteiger partial charge in [-0.1, -0.05) is 7.43 Å². The van der Waals surface area contributed by atoms with Gasteiger partial charge in [-0.25, -0.2) is 0 Å². The molecule has 1 fully saturated rings. The lowest BCUT2D eigenvalue weighted by Crippen LogP contribution is -1.97. The van der Waals surface area contributed by atoms with Gasteiger partial charge in [-0.15, -0.1) is 0 Å². The molecule has 64 valence electrons. The fraction of sp³-hybridized carbons (Fsp3) is 0.889. The average molecular weight is 172 g/mol. The SMILES string of the molecule is C.C[P+]1(CCC#N)CCCC1. The van der Waals surface area contributed by atoms with Crippen molar-refractivity contribution in [3.63, 3.8) is 0 Å². The molecule has 0 amide bonds. The van der Waals surface area contributed by atoms with E-state index in [0.717, 1.165) is 6.42 Å². The highest BCUT2D eigenvalue weighted by Gasteiger charge is 2.34. The van der Waals surface area contributed by atoms with E-state index in [1.807, 2.05) is 0 Å². The zero-order valence-electron chi connectivity index (χ0n) is 6.64. The van der Waals surface area contributed by atoms with Crippen LogP contribution in [0.5, 0.6) is 0 Å². The van der Waals surface area contributed by atoms with Crippen LogP contribution < -0.4 is 0 Å². The molecule has 0 aromatic rings. The number of hydrogen-bond donors (Lipinski definition) is 0. The van der Waals surface area contributed by atoms with E-state index in [4.69, 9.17) is 5.26 Å². The second-order valence-electron chi connectivity index (χ2n) is 3.41. The lowest BCUT2D eigenvalue weighted by Gasteiger charge is -2.13. The van der Waals surface area contributed by atoms with Crippen molar-refractivity contribution in [3.8, 4) is 6.07 Å². The zero-order valence-corrected chi connectivity index (χ0v) is 7.53. The normalized spacial score (nSPS) is 20.4. The lowest BCUT2D eigenvalue weighted by atomic mass is 10.4. The molecular weight excluding hydrogens is 153 g/mol. The summed E-state index contributed by atoms with van der Waals surface area (Å²) in [6.45, 7) is 2.43. The molecule has 0 radical (unpaired) electrons. The van der Waals surface area contributed by atoms with Crippen LogP contribution in [-0.2, 0) is 0 Å². The van der Waals surface area contributed by atoms with Gasteiger partial charge in [-0.05, 0) is 12.8 Å². The summed E-state index contributed by atoms with van der Waals surface area (Å²) in [4.78, 5) is 0. The summed E-state index contributed by atoms with van der Waals surface area (Å²) in [6, 6.07) is 2.25. The largest absolute Gasteiger partial charge is 0.198 e. The summed E-state index contributed by atoms with van der Waals surface area (Å²) in [6.07, 6.45) is 7.78. The first kappa shape index (κ1) is 10.9. The van der Waals surface area contributed by atoms with Gasteiger partial charge in [-0.2, -0.15) is 5.26 Å². The molecule has 1 aliphatic heterocycles. The minimum atomic E-state index is -0.559. The van der Waals surface area contributed by atoms with Crippen molar-refractivity contribution in [2.75, 3.05) is 25.2 Å². The molecule has 2 heteroatoms. The molecule has 11 heavy (non-hydrogen) atoms. The summed E-state index contributed by atoms with van der Waals surface area (Å²) in [5.74, 6) is 0. The first-order valence-corrected chi connectivity index (χ1v) is 6.76. The number of rotatable bonds is 2. The highest BCUT2D eigenvalue weighted by Crippen LogP contribution is 2.60. The topological polar surface area (TPSA) is 23.8 Å². The number of hydrogen-bond acceptors (Lipinski definition) is 1. The van der Waals surface area contributed by atoms with Crippen LogP contribution >= 0.6 is 7.26 Å². The molecule has 0 bridgehead atoms. The molecule has 0 spiro atoms. The van der Waals surface area contributed by atoms with Gasteiger partial charge < -0.3 is 0 Å². The van der Waals surface area contributed by atoms with E-state index in [1.54, 1.807) is 0 Å². The van der Waals surface area contributed by atoms with Crippen LogP contribution in [0.1, 0.15) is 26.7 Å². The Bertz CT molecular complexity index is 142. The molecule has 0 N–H and O–H groups in total. The molecular formula is C9H19NP+. The van der Waals surface area contributed by atoms with Crippen LogP contribution in [-0.4, -0.2) is 25.2 Å². The average Bonchev–Trinajstić information content (AvgIpc) is 2.33. The van der Waals surface area contributed by atoms with E-state index in [0.29, 0.717) is 0 Å². The van der Waals surface area contributed by atoms with Crippen molar-refractivity contribution in [1.82, 2.24) is 0 Å². The van der Waals surface area contributed by atoms with Gasteiger partial charge >= 0.3 is 0 Å². The molecule has 1 rings (SSSR count). The van der Waals surface area contributed by atoms with Crippen molar-refractivity contribution in [2.45, 2.75) is 26.7 Å². The van der Waals surface area contributed by atoms with E-state index in [-0.39, 0.29) is 7.43 Å². The Balaban J connectivity index is 0.000001000. The van der Waals surface area contributed by atoms with E-state index in [9.17, 15) is 0 Å². The molecule has 1 heterocycles. The maximum Gasteiger partial charge on any atom is 0.0721 e. The van der Waals surface area contributed by atoms with Gasteiger partial charge in [0.1, 0.15) is 0 Å². The number of nitriles is 1. The van der Waals surface area contributed by atoms with Crippen LogP contribution in [0.15, 0.2) is 0 Å². The third-order valence-corrected chi connectivity index (χ3v) is 6.50. The molecule has 0 atom stereocenters. The van der Waals surface area contributed by atoms with Gasteiger partial charge in [0, 0.05) is 13.9 Å². The third kappa shape index (κ3) is 3.21. The van der Waals surface area contributed by atoms with Crippen molar-refractivity contribution < 1.29 is 0 Å². The molecule has 1 nitrogen and oxygen atoms in total. The predicted molar refractivity (Wildman–Crippen MR) is 53.6 cm³/mol. The standard InChI is InChI=1S/C8H15NP.CH4/c1-10(8-4-5-9)6-2-3-7-10;/h2-4,6-8H2,1H3;1H4/q+1;. The van der Waals surface area contributed by atoms with Gasteiger partial charge in [0.05, 0.1) is 31.0 Å². The van der Waals surface area contributed by atoms with Gasteiger partial charge in [0.15, 0.2) is 0 Å². The smallest absolute Gasteiger partial charge is 0.0721 e. The molecule has 0 aromatic carbocycles. The molecule has 1 aliphatic rings. The second-order valence-corrected chi connectivity index (χ2v) is 7.99.